The van der Waals surface area contributed by atoms with E-state index in [0.29, 0.717) is 10.0 Å². The lowest BCUT2D eigenvalue weighted by molar-refractivity contribution is -0.115. The fourth-order valence-corrected chi connectivity index (χ4v) is 4.28. The molecule has 0 aliphatic rings. The van der Waals surface area contributed by atoms with E-state index in [0.717, 1.165) is 4.31 Å². The molecule has 1 unspecified atom stereocenters. The Morgan fingerprint density at radius 2 is 2.00 bits per heavy atom. The van der Waals surface area contributed by atoms with Gasteiger partial charge in [0.1, 0.15) is 9.90 Å². The van der Waals surface area contributed by atoms with E-state index in [1.54, 1.807) is 24.4 Å². The van der Waals surface area contributed by atoms with Crippen molar-refractivity contribution in [1.82, 2.24) is 9.29 Å². The molecule has 2 aromatic heterocycles. The number of carbonyl (C=O) groups is 2. The summed E-state index contributed by atoms with van der Waals surface area (Å²) in [4.78, 5) is 27.8. The third-order valence-corrected chi connectivity index (χ3v) is 7.00. The summed E-state index contributed by atoms with van der Waals surface area (Å²) in [5.41, 5.74) is 5.51. The van der Waals surface area contributed by atoms with Gasteiger partial charge in [-0.1, -0.05) is 11.8 Å². The molecule has 11 heteroatoms. The average Bonchev–Trinajstić information content (AvgIpc) is 3.03. The van der Waals surface area contributed by atoms with Crippen molar-refractivity contribution >= 4 is 49.9 Å². The lowest BCUT2D eigenvalue weighted by atomic mass is 10.3. The second kappa shape index (κ2) is 8.16. The topological polar surface area (TPSA) is 122 Å². The molecule has 3 N–H and O–H groups in total. The molecule has 0 saturated heterocycles. The Balaban J connectivity index is 2.05. The predicted octanol–water partition coefficient (Wildman–Crippen LogP) is 1.61. The number of sulfonamides is 1. The maximum Gasteiger partial charge on any atom is 0.251 e. The number of thioether (sulfide) groups is 1. The van der Waals surface area contributed by atoms with Crippen LogP contribution in [-0.4, -0.2) is 48.9 Å². The number of nitrogens with zero attached hydrogens (tertiary/aromatic N) is 2. The Bertz CT molecular complexity index is 907. The number of hydrogen-bond acceptors (Lipinski definition) is 7. The van der Waals surface area contributed by atoms with Crippen LogP contribution in [-0.2, 0) is 14.8 Å². The van der Waals surface area contributed by atoms with Crippen molar-refractivity contribution in [3.8, 4) is 0 Å². The fraction of sp³-hybridized carbons (Fsp3) is 0.267. The third kappa shape index (κ3) is 4.61. The maximum atomic E-state index is 12.3. The highest BCUT2D eigenvalue weighted by Crippen LogP contribution is 2.26. The maximum absolute atomic E-state index is 12.3. The first kappa shape index (κ1) is 20.4. The number of aromatic nitrogens is 1. The molecular weight excluding hydrogens is 396 g/mol. The minimum atomic E-state index is -3.55. The smallest absolute Gasteiger partial charge is 0.251 e. The van der Waals surface area contributed by atoms with Gasteiger partial charge in [0.15, 0.2) is 0 Å². The number of primary amides is 1. The van der Waals surface area contributed by atoms with Crippen LogP contribution in [0.25, 0.3) is 0 Å². The number of nitrogens with two attached hydrogens (primary N) is 1. The molecule has 0 aliphatic carbocycles. The summed E-state index contributed by atoms with van der Waals surface area (Å²) < 4.78 is 25.1. The fourth-order valence-electron chi connectivity index (χ4n) is 1.85. The molecule has 0 bridgehead atoms. The molecule has 2 rings (SSSR count). The Hall–Kier alpha value is -1.95. The van der Waals surface area contributed by atoms with E-state index in [1.165, 1.54) is 49.5 Å². The number of rotatable bonds is 7. The molecule has 0 aromatic carbocycles. The van der Waals surface area contributed by atoms with Gasteiger partial charge in [-0.15, -0.1) is 11.3 Å². The zero-order valence-electron chi connectivity index (χ0n) is 14.3. The molecule has 0 saturated carbocycles. The third-order valence-electron chi connectivity index (χ3n) is 3.32. The number of anilines is 1. The second-order valence-corrected chi connectivity index (χ2v) is 9.83. The van der Waals surface area contributed by atoms with Crippen LogP contribution in [0.3, 0.4) is 0 Å². The predicted molar refractivity (Wildman–Crippen MR) is 102 cm³/mol. The number of hydrogen-bond donors (Lipinski definition) is 2. The molecule has 0 radical (unpaired) electrons. The van der Waals surface area contributed by atoms with Crippen LogP contribution < -0.4 is 11.1 Å². The van der Waals surface area contributed by atoms with Crippen molar-refractivity contribution in [1.29, 1.82) is 0 Å². The number of carbonyl (C=O) groups excluding carboxylic acids is 2. The van der Waals surface area contributed by atoms with Gasteiger partial charge in [-0.25, -0.2) is 17.7 Å². The van der Waals surface area contributed by atoms with Crippen molar-refractivity contribution in [2.45, 2.75) is 22.1 Å². The molecule has 26 heavy (non-hydrogen) atoms. The monoisotopic (exact) mass is 414 g/mol. The molecule has 0 spiro atoms. The lowest BCUT2D eigenvalue weighted by Gasteiger charge is -2.13. The average molecular weight is 415 g/mol. The van der Waals surface area contributed by atoms with Crippen molar-refractivity contribution < 1.29 is 18.0 Å². The van der Waals surface area contributed by atoms with Crippen molar-refractivity contribution in [3.05, 3.63) is 35.3 Å². The first-order chi connectivity index (χ1) is 12.1. The van der Waals surface area contributed by atoms with Crippen LogP contribution in [0.5, 0.6) is 0 Å². The first-order valence-corrected chi connectivity index (χ1v) is 10.6. The Morgan fingerprint density at radius 3 is 2.54 bits per heavy atom. The first-order valence-electron chi connectivity index (χ1n) is 7.36. The van der Waals surface area contributed by atoms with Crippen LogP contribution in [0.4, 0.5) is 5.00 Å². The van der Waals surface area contributed by atoms with Gasteiger partial charge in [-0.3, -0.25) is 9.59 Å². The summed E-state index contributed by atoms with van der Waals surface area (Å²) >= 11 is 2.38. The normalized spacial score (nSPS) is 12.8. The van der Waals surface area contributed by atoms with Crippen molar-refractivity contribution in [2.75, 3.05) is 19.4 Å². The Morgan fingerprint density at radius 1 is 1.31 bits per heavy atom. The van der Waals surface area contributed by atoms with Gasteiger partial charge in [-0.2, -0.15) is 0 Å². The van der Waals surface area contributed by atoms with Gasteiger partial charge >= 0.3 is 0 Å². The zero-order chi connectivity index (χ0) is 19.5. The van der Waals surface area contributed by atoms with E-state index in [-0.39, 0.29) is 16.4 Å². The van der Waals surface area contributed by atoms with E-state index in [4.69, 9.17) is 5.73 Å². The van der Waals surface area contributed by atoms with E-state index >= 15 is 0 Å². The molecule has 2 amide bonds. The number of amides is 2. The van der Waals surface area contributed by atoms with Gasteiger partial charge in [0, 0.05) is 20.3 Å². The summed E-state index contributed by atoms with van der Waals surface area (Å²) in [7, 11) is -0.666. The molecular formula is C15H18N4O4S3. The zero-order valence-corrected chi connectivity index (χ0v) is 16.7. The summed E-state index contributed by atoms with van der Waals surface area (Å²) in [6.07, 6.45) is 1.26. The lowest BCUT2D eigenvalue weighted by Crippen LogP contribution is -2.24. The van der Waals surface area contributed by atoms with E-state index in [9.17, 15) is 18.0 Å². The number of pyridine rings is 1. The van der Waals surface area contributed by atoms with Gasteiger partial charge < -0.3 is 11.1 Å². The number of thiophene rings is 1. The minimum absolute atomic E-state index is 0.0774. The standard InChI is InChI=1S/C15H18N4O4S3/c1-9(14(21)18-15-11(13(16)20)6-7-24-15)25-12-5-4-10(8-17-12)26(22,23)19(2)3/h4-9H,1-3H3,(H2,16,20)(H,18,21). The molecule has 8 nitrogen and oxygen atoms in total. The van der Waals surface area contributed by atoms with E-state index in [2.05, 4.69) is 10.3 Å². The van der Waals surface area contributed by atoms with Gasteiger partial charge in [0.2, 0.25) is 15.9 Å². The molecule has 0 aliphatic heterocycles. The summed E-state index contributed by atoms with van der Waals surface area (Å²) in [6, 6.07) is 4.54. The highest BCUT2D eigenvalue weighted by atomic mass is 32.2. The van der Waals surface area contributed by atoms with Crippen LogP contribution in [0.1, 0.15) is 17.3 Å². The van der Waals surface area contributed by atoms with Crippen LogP contribution >= 0.6 is 23.1 Å². The van der Waals surface area contributed by atoms with Crippen molar-refractivity contribution in [3.63, 3.8) is 0 Å². The van der Waals surface area contributed by atoms with E-state index in [1.807, 2.05) is 0 Å². The number of nitrogens with one attached hydrogen (secondary N) is 1. The van der Waals surface area contributed by atoms with E-state index < -0.39 is 21.2 Å². The molecule has 1 atom stereocenters. The Labute approximate surface area is 159 Å². The molecule has 140 valence electrons. The largest absolute Gasteiger partial charge is 0.366 e. The van der Waals surface area contributed by atoms with Gasteiger partial charge in [0.05, 0.1) is 15.8 Å². The van der Waals surface area contributed by atoms with Crippen LogP contribution in [0.2, 0.25) is 0 Å². The van der Waals surface area contributed by atoms with Crippen LogP contribution in [0.15, 0.2) is 39.7 Å². The van der Waals surface area contributed by atoms with Crippen molar-refractivity contribution in [2.24, 2.45) is 5.73 Å². The quantitative estimate of drug-likeness (QED) is 0.664. The Kier molecular flexibility index (Phi) is 6.39. The SMILES string of the molecule is CC(Sc1ccc(S(=O)(=O)N(C)C)cn1)C(=O)Nc1sccc1C(N)=O. The van der Waals surface area contributed by atoms with Crippen LogP contribution in [0, 0.1) is 0 Å². The summed E-state index contributed by atoms with van der Waals surface area (Å²) in [5.74, 6) is -0.923. The molecule has 2 aromatic rings. The van der Waals surface area contributed by atoms with Gasteiger partial charge in [0.25, 0.3) is 5.91 Å². The highest BCUT2D eigenvalue weighted by molar-refractivity contribution is 8.00. The molecule has 2 heterocycles. The highest BCUT2D eigenvalue weighted by Gasteiger charge is 2.20. The summed E-state index contributed by atoms with van der Waals surface area (Å²) in [5, 5.41) is 4.73. The molecule has 0 fully saturated rings. The second-order valence-electron chi connectivity index (χ2n) is 5.40. The summed E-state index contributed by atoms with van der Waals surface area (Å²) in [6.45, 7) is 1.68. The van der Waals surface area contributed by atoms with Gasteiger partial charge in [-0.05, 0) is 30.5 Å². The minimum Gasteiger partial charge on any atom is -0.366 e.